The molecule has 2 heterocycles. The van der Waals surface area contributed by atoms with E-state index in [0.29, 0.717) is 5.82 Å². The van der Waals surface area contributed by atoms with Gasteiger partial charge in [-0.1, -0.05) is 0 Å². The summed E-state index contributed by atoms with van der Waals surface area (Å²) >= 11 is 1.66. The van der Waals surface area contributed by atoms with Crippen LogP contribution in [0.1, 0.15) is 16.0 Å². The molecule has 1 N–H and O–H groups in total. The Morgan fingerprint density at radius 3 is 2.57 bits per heavy atom. The lowest BCUT2D eigenvalue weighted by atomic mass is 10.1. The number of benzene rings is 1. The molecule has 1 aromatic carbocycles. The molecule has 2 aromatic heterocycles. The minimum Gasteiger partial charge on any atom is -0.372 e. The van der Waals surface area contributed by atoms with Crippen molar-refractivity contribution >= 4 is 27.4 Å². The van der Waals surface area contributed by atoms with Crippen molar-refractivity contribution < 1.29 is 4.39 Å². The summed E-state index contributed by atoms with van der Waals surface area (Å²) in [5.74, 6) is 1.21. The van der Waals surface area contributed by atoms with Gasteiger partial charge in [0.15, 0.2) is 5.82 Å². The number of nitrogens with one attached hydrogen (secondary N) is 1. The van der Waals surface area contributed by atoms with Crippen LogP contribution in [-0.4, -0.2) is 17.0 Å². The highest BCUT2D eigenvalue weighted by Gasteiger charge is 2.15. The van der Waals surface area contributed by atoms with Gasteiger partial charge in [-0.05, 0) is 50.1 Å². The van der Waals surface area contributed by atoms with E-state index in [1.54, 1.807) is 17.4 Å². The monoisotopic (exact) mass is 301 g/mol. The van der Waals surface area contributed by atoms with Crippen molar-refractivity contribution in [2.75, 3.05) is 12.4 Å². The molecular weight excluding hydrogens is 285 g/mol. The number of aryl methyl sites for hydroxylation is 3. The SMILES string of the molecule is CNc1nc(-c2ccc(F)cc2C)nc2sc(C)c(C)c12. The van der Waals surface area contributed by atoms with Crippen molar-refractivity contribution in [1.82, 2.24) is 9.97 Å². The van der Waals surface area contributed by atoms with Crippen LogP contribution in [-0.2, 0) is 0 Å². The van der Waals surface area contributed by atoms with Crippen molar-refractivity contribution in [2.24, 2.45) is 0 Å². The second-order valence-corrected chi connectivity index (χ2v) is 6.27. The van der Waals surface area contributed by atoms with Crippen LogP contribution in [0.15, 0.2) is 18.2 Å². The molecule has 0 saturated carbocycles. The lowest BCUT2D eigenvalue weighted by Gasteiger charge is -2.08. The first-order valence-corrected chi connectivity index (χ1v) is 7.55. The predicted octanol–water partition coefficient (Wildman–Crippen LogP) is 4.46. The van der Waals surface area contributed by atoms with Gasteiger partial charge < -0.3 is 5.32 Å². The first kappa shape index (κ1) is 13.9. The molecule has 0 fully saturated rings. The first-order chi connectivity index (χ1) is 10.0. The number of aromatic nitrogens is 2. The Morgan fingerprint density at radius 1 is 1.14 bits per heavy atom. The second kappa shape index (κ2) is 5.07. The van der Waals surface area contributed by atoms with Gasteiger partial charge in [-0.2, -0.15) is 0 Å². The topological polar surface area (TPSA) is 37.8 Å². The molecule has 21 heavy (non-hydrogen) atoms. The molecule has 0 radical (unpaired) electrons. The number of hydrogen-bond acceptors (Lipinski definition) is 4. The summed E-state index contributed by atoms with van der Waals surface area (Å²) in [5.41, 5.74) is 2.90. The van der Waals surface area contributed by atoms with Crippen molar-refractivity contribution in [3.63, 3.8) is 0 Å². The molecule has 0 spiro atoms. The Hall–Kier alpha value is -2.01. The van der Waals surface area contributed by atoms with Crippen LogP contribution in [0, 0.1) is 26.6 Å². The van der Waals surface area contributed by atoms with E-state index in [9.17, 15) is 4.39 Å². The summed E-state index contributed by atoms with van der Waals surface area (Å²) in [5, 5.41) is 4.22. The van der Waals surface area contributed by atoms with Gasteiger partial charge in [0.05, 0.1) is 5.39 Å². The fourth-order valence-electron chi connectivity index (χ4n) is 2.43. The Bertz CT molecular complexity index is 839. The molecular formula is C16H16FN3S. The van der Waals surface area contributed by atoms with Crippen LogP contribution >= 0.6 is 11.3 Å². The van der Waals surface area contributed by atoms with E-state index in [1.165, 1.54) is 22.6 Å². The van der Waals surface area contributed by atoms with E-state index in [1.807, 2.05) is 14.0 Å². The molecule has 0 saturated heterocycles. The van der Waals surface area contributed by atoms with Crippen molar-refractivity contribution in [3.05, 3.63) is 40.0 Å². The molecule has 0 aliphatic carbocycles. The van der Waals surface area contributed by atoms with Gasteiger partial charge in [0.25, 0.3) is 0 Å². The zero-order valence-electron chi connectivity index (χ0n) is 12.4. The van der Waals surface area contributed by atoms with Gasteiger partial charge in [-0.25, -0.2) is 14.4 Å². The Kier molecular flexibility index (Phi) is 3.37. The lowest BCUT2D eigenvalue weighted by molar-refractivity contribution is 0.627. The predicted molar refractivity (Wildman–Crippen MR) is 86.6 cm³/mol. The molecule has 0 aliphatic rings. The zero-order valence-corrected chi connectivity index (χ0v) is 13.2. The largest absolute Gasteiger partial charge is 0.372 e. The van der Waals surface area contributed by atoms with Gasteiger partial charge in [-0.15, -0.1) is 11.3 Å². The van der Waals surface area contributed by atoms with E-state index in [4.69, 9.17) is 0 Å². The number of fused-ring (bicyclic) bond motifs is 1. The summed E-state index contributed by atoms with van der Waals surface area (Å²) in [4.78, 5) is 11.5. The van der Waals surface area contributed by atoms with Crippen LogP contribution in [0.3, 0.4) is 0 Å². The summed E-state index contributed by atoms with van der Waals surface area (Å²) in [6.07, 6.45) is 0. The number of thiophene rings is 1. The maximum absolute atomic E-state index is 13.3. The van der Waals surface area contributed by atoms with Crippen LogP contribution in [0.4, 0.5) is 10.2 Å². The third-order valence-corrected chi connectivity index (χ3v) is 4.80. The molecule has 0 aliphatic heterocycles. The van der Waals surface area contributed by atoms with Crippen LogP contribution in [0.25, 0.3) is 21.6 Å². The lowest BCUT2D eigenvalue weighted by Crippen LogP contribution is -1.99. The molecule has 0 atom stereocenters. The van der Waals surface area contributed by atoms with E-state index >= 15 is 0 Å². The molecule has 0 unspecified atom stereocenters. The van der Waals surface area contributed by atoms with Crippen LogP contribution in [0.2, 0.25) is 0 Å². The van der Waals surface area contributed by atoms with E-state index in [-0.39, 0.29) is 5.82 Å². The summed E-state index contributed by atoms with van der Waals surface area (Å²) in [6, 6.07) is 4.69. The van der Waals surface area contributed by atoms with Crippen molar-refractivity contribution in [2.45, 2.75) is 20.8 Å². The van der Waals surface area contributed by atoms with E-state index in [2.05, 4.69) is 29.1 Å². The number of anilines is 1. The van der Waals surface area contributed by atoms with Gasteiger partial charge in [-0.3, -0.25) is 0 Å². The van der Waals surface area contributed by atoms with Crippen molar-refractivity contribution in [3.8, 4) is 11.4 Å². The number of halogens is 1. The average Bonchev–Trinajstić information content (AvgIpc) is 2.73. The smallest absolute Gasteiger partial charge is 0.163 e. The van der Waals surface area contributed by atoms with Gasteiger partial charge >= 0.3 is 0 Å². The molecule has 5 heteroatoms. The second-order valence-electron chi connectivity index (χ2n) is 5.07. The Balaban J connectivity index is 2.29. The number of nitrogens with zero attached hydrogens (tertiary/aromatic N) is 2. The highest BCUT2D eigenvalue weighted by molar-refractivity contribution is 7.18. The molecule has 0 amide bonds. The number of hydrogen-bond donors (Lipinski definition) is 1. The van der Waals surface area contributed by atoms with Crippen LogP contribution < -0.4 is 5.32 Å². The van der Waals surface area contributed by atoms with E-state index < -0.39 is 0 Å². The summed E-state index contributed by atoms with van der Waals surface area (Å²) in [7, 11) is 1.86. The Morgan fingerprint density at radius 2 is 1.90 bits per heavy atom. The van der Waals surface area contributed by atoms with Gasteiger partial charge in [0, 0.05) is 17.5 Å². The van der Waals surface area contributed by atoms with Gasteiger partial charge in [0.2, 0.25) is 0 Å². The fraction of sp³-hybridized carbons (Fsp3) is 0.250. The maximum atomic E-state index is 13.3. The summed E-state index contributed by atoms with van der Waals surface area (Å²) in [6.45, 7) is 6.04. The molecule has 0 bridgehead atoms. The number of rotatable bonds is 2. The van der Waals surface area contributed by atoms with Crippen LogP contribution in [0.5, 0.6) is 0 Å². The van der Waals surface area contributed by atoms with Crippen molar-refractivity contribution in [1.29, 1.82) is 0 Å². The normalized spacial score (nSPS) is 11.1. The van der Waals surface area contributed by atoms with E-state index in [0.717, 1.165) is 27.2 Å². The third kappa shape index (κ3) is 2.27. The first-order valence-electron chi connectivity index (χ1n) is 6.73. The third-order valence-electron chi connectivity index (χ3n) is 3.69. The average molecular weight is 301 g/mol. The minimum absolute atomic E-state index is 0.242. The highest BCUT2D eigenvalue weighted by Crippen LogP contribution is 2.35. The molecule has 3 nitrogen and oxygen atoms in total. The molecule has 3 rings (SSSR count). The molecule has 3 aromatic rings. The fourth-order valence-corrected chi connectivity index (χ4v) is 3.46. The van der Waals surface area contributed by atoms with Gasteiger partial charge in [0.1, 0.15) is 16.5 Å². The quantitative estimate of drug-likeness (QED) is 0.759. The Labute approximate surface area is 126 Å². The standard InChI is InChI=1S/C16H16FN3S/c1-8-7-11(17)5-6-12(8)14-19-15(18-4)13-9(2)10(3)21-16(13)20-14/h5-7H,1-4H3,(H,18,19,20). The minimum atomic E-state index is -0.242. The summed E-state index contributed by atoms with van der Waals surface area (Å²) < 4.78 is 13.3. The maximum Gasteiger partial charge on any atom is 0.163 e. The zero-order chi connectivity index (χ0) is 15.1. The molecule has 108 valence electrons. The highest BCUT2D eigenvalue weighted by atomic mass is 32.1.